The zero-order chi connectivity index (χ0) is 13.1. The molecule has 0 saturated heterocycles. The molecule has 5 heteroatoms. The number of halogens is 1. The van der Waals surface area contributed by atoms with Crippen LogP contribution in [-0.4, -0.2) is 28.1 Å². The lowest BCUT2D eigenvalue weighted by Crippen LogP contribution is -2.46. The number of aromatic nitrogens is 1. The normalized spacial score (nSPS) is 24.2. The topological polar surface area (TPSA) is 62.2 Å². The Morgan fingerprint density at radius 1 is 1.67 bits per heavy atom. The third-order valence-electron chi connectivity index (χ3n) is 3.49. The summed E-state index contributed by atoms with van der Waals surface area (Å²) in [4.78, 5) is 15.9. The number of hydrogen-bond donors (Lipinski definition) is 2. The zero-order valence-electron chi connectivity index (χ0n) is 10.3. The molecule has 0 spiro atoms. The largest absolute Gasteiger partial charge is 0.393 e. The van der Waals surface area contributed by atoms with Crippen LogP contribution in [-0.2, 0) is 0 Å². The Bertz CT molecular complexity index is 433. The Balaban J connectivity index is 2.00. The quantitative estimate of drug-likeness (QED) is 0.878. The molecule has 0 aromatic carbocycles. The molecule has 0 unspecified atom stereocenters. The monoisotopic (exact) mass is 268 g/mol. The molecule has 1 saturated carbocycles. The summed E-state index contributed by atoms with van der Waals surface area (Å²) in [6.45, 7) is 2.03. The second-order valence-corrected chi connectivity index (χ2v) is 5.14. The fraction of sp³-hybridized carbons (Fsp3) is 0.538. The lowest BCUT2D eigenvalue weighted by atomic mass is 9.76. The van der Waals surface area contributed by atoms with Crippen molar-refractivity contribution in [3.63, 3.8) is 0 Å². The molecule has 4 nitrogen and oxygen atoms in total. The van der Waals surface area contributed by atoms with Crippen molar-refractivity contribution >= 4 is 17.5 Å². The van der Waals surface area contributed by atoms with Crippen molar-refractivity contribution in [2.45, 2.75) is 38.3 Å². The van der Waals surface area contributed by atoms with Crippen LogP contribution in [0.1, 0.15) is 36.5 Å². The van der Waals surface area contributed by atoms with Crippen molar-refractivity contribution in [2.75, 3.05) is 0 Å². The number of nitrogens with one attached hydrogen (secondary N) is 1. The van der Waals surface area contributed by atoms with Crippen molar-refractivity contribution in [3.05, 3.63) is 29.0 Å². The fourth-order valence-corrected chi connectivity index (χ4v) is 2.52. The predicted molar refractivity (Wildman–Crippen MR) is 69.5 cm³/mol. The molecule has 1 aromatic rings. The van der Waals surface area contributed by atoms with Gasteiger partial charge in [0.25, 0.3) is 5.91 Å². The average Bonchev–Trinajstić information content (AvgIpc) is 2.33. The van der Waals surface area contributed by atoms with Gasteiger partial charge in [0.05, 0.1) is 16.7 Å². The predicted octanol–water partition coefficient (Wildman–Crippen LogP) is 2.01. The Kier molecular flexibility index (Phi) is 4.19. The number of carbonyl (C=O) groups is 1. The van der Waals surface area contributed by atoms with E-state index in [1.54, 1.807) is 12.3 Å². The van der Waals surface area contributed by atoms with Gasteiger partial charge in [-0.2, -0.15) is 0 Å². The van der Waals surface area contributed by atoms with Gasteiger partial charge in [0, 0.05) is 18.4 Å². The van der Waals surface area contributed by atoms with E-state index in [1.165, 1.54) is 6.20 Å². The first-order valence-corrected chi connectivity index (χ1v) is 6.58. The molecule has 2 N–H and O–H groups in total. The van der Waals surface area contributed by atoms with Crippen LogP contribution in [0.4, 0.5) is 0 Å². The molecule has 1 aliphatic carbocycles. The summed E-state index contributed by atoms with van der Waals surface area (Å²) in [6, 6.07) is 1.71. The zero-order valence-corrected chi connectivity index (χ0v) is 11.0. The highest BCUT2D eigenvalue weighted by Gasteiger charge is 2.34. The number of amides is 1. The SMILES string of the molecule is CC[C@@H](NC(=O)c1ccncc1Cl)C1CC(O)C1. The number of pyridine rings is 1. The molecule has 1 heterocycles. The number of carbonyl (C=O) groups excluding carboxylic acids is 1. The van der Waals surface area contributed by atoms with Gasteiger partial charge in [0.1, 0.15) is 0 Å². The molecule has 2 rings (SSSR count). The van der Waals surface area contributed by atoms with Crippen LogP contribution in [0.15, 0.2) is 18.5 Å². The number of aliphatic hydroxyl groups is 1. The molecule has 1 aliphatic rings. The Labute approximate surface area is 111 Å². The maximum absolute atomic E-state index is 12.1. The lowest BCUT2D eigenvalue weighted by Gasteiger charge is -2.37. The van der Waals surface area contributed by atoms with Crippen LogP contribution in [0.25, 0.3) is 0 Å². The summed E-state index contributed by atoms with van der Waals surface area (Å²) in [5.74, 6) is 0.199. The van der Waals surface area contributed by atoms with Crippen LogP contribution in [0, 0.1) is 5.92 Å². The first kappa shape index (κ1) is 13.3. The van der Waals surface area contributed by atoms with Gasteiger partial charge in [-0.25, -0.2) is 0 Å². The molecule has 0 aliphatic heterocycles. The van der Waals surface area contributed by atoms with Crippen molar-refractivity contribution in [1.29, 1.82) is 0 Å². The van der Waals surface area contributed by atoms with Gasteiger partial charge in [-0.1, -0.05) is 18.5 Å². The van der Waals surface area contributed by atoms with Crippen molar-refractivity contribution < 1.29 is 9.90 Å². The third-order valence-corrected chi connectivity index (χ3v) is 3.79. The van der Waals surface area contributed by atoms with E-state index in [4.69, 9.17) is 11.6 Å². The molecule has 1 atom stereocenters. The summed E-state index contributed by atoms with van der Waals surface area (Å²) in [6.07, 6.45) is 5.20. The molecule has 18 heavy (non-hydrogen) atoms. The van der Waals surface area contributed by atoms with Gasteiger partial charge in [0.2, 0.25) is 0 Å². The minimum atomic E-state index is -0.203. The van der Waals surface area contributed by atoms with E-state index >= 15 is 0 Å². The van der Waals surface area contributed by atoms with E-state index in [2.05, 4.69) is 10.3 Å². The van der Waals surface area contributed by atoms with Crippen molar-refractivity contribution in [3.8, 4) is 0 Å². The van der Waals surface area contributed by atoms with Gasteiger partial charge >= 0.3 is 0 Å². The van der Waals surface area contributed by atoms with Crippen LogP contribution in [0.3, 0.4) is 0 Å². The Morgan fingerprint density at radius 2 is 2.39 bits per heavy atom. The fourth-order valence-electron chi connectivity index (χ4n) is 2.32. The van der Waals surface area contributed by atoms with E-state index in [0.29, 0.717) is 16.5 Å². The molecular formula is C13H17ClN2O2. The summed E-state index contributed by atoms with van der Waals surface area (Å²) in [7, 11) is 0. The molecule has 0 bridgehead atoms. The van der Waals surface area contributed by atoms with Gasteiger partial charge in [-0.05, 0) is 31.2 Å². The highest BCUT2D eigenvalue weighted by atomic mass is 35.5. The van der Waals surface area contributed by atoms with E-state index in [9.17, 15) is 9.90 Å². The van der Waals surface area contributed by atoms with Crippen LogP contribution < -0.4 is 5.32 Å². The van der Waals surface area contributed by atoms with Gasteiger partial charge < -0.3 is 10.4 Å². The second-order valence-electron chi connectivity index (χ2n) is 4.73. The van der Waals surface area contributed by atoms with Gasteiger partial charge in [-0.3, -0.25) is 9.78 Å². The van der Waals surface area contributed by atoms with E-state index < -0.39 is 0 Å². The summed E-state index contributed by atoms with van der Waals surface area (Å²) in [5.41, 5.74) is 0.449. The smallest absolute Gasteiger partial charge is 0.253 e. The van der Waals surface area contributed by atoms with E-state index in [-0.39, 0.29) is 18.1 Å². The van der Waals surface area contributed by atoms with Crippen LogP contribution in [0.2, 0.25) is 5.02 Å². The number of hydrogen-bond acceptors (Lipinski definition) is 3. The minimum absolute atomic E-state index is 0.102. The first-order valence-electron chi connectivity index (χ1n) is 6.20. The highest BCUT2D eigenvalue weighted by molar-refractivity contribution is 6.33. The van der Waals surface area contributed by atoms with E-state index in [0.717, 1.165) is 19.3 Å². The van der Waals surface area contributed by atoms with E-state index in [1.807, 2.05) is 6.92 Å². The van der Waals surface area contributed by atoms with Crippen molar-refractivity contribution in [1.82, 2.24) is 10.3 Å². The summed E-state index contributed by atoms with van der Waals surface area (Å²) < 4.78 is 0. The van der Waals surface area contributed by atoms with Crippen LogP contribution >= 0.6 is 11.6 Å². The van der Waals surface area contributed by atoms with Crippen molar-refractivity contribution in [2.24, 2.45) is 5.92 Å². The maximum Gasteiger partial charge on any atom is 0.253 e. The Morgan fingerprint density at radius 3 is 2.94 bits per heavy atom. The van der Waals surface area contributed by atoms with Crippen LogP contribution in [0.5, 0.6) is 0 Å². The summed E-state index contributed by atoms with van der Waals surface area (Å²) in [5, 5.41) is 12.7. The Hall–Kier alpha value is -1.13. The molecule has 1 amide bonds. The van der Waals surface area contributed by atoms with Gasteiger partial charge in [0.15, 0.2) is 0 Å². The number of rotatable bonds is 4. The second kappa shape index (κ2) is 5.67. The molecule has 1 aromatic heterocycles. The first-order chi connectivity index (χ1) is 8.61. The molecule has 98 valence electrons. The maximum atomic E-state index is 12.1. The third kappa shape index (κ3) is 2.82. The minimum Gasteiger partial charge on any atom is -0.393 e. The highest BCUT2D eigenvalue weighted by Crippen LogP contribution is 2.31. The molecule has 0 radical (unpaired) electrons. The van der Waals surface area contributed by atoms with Gasteiger partial charge in [-0.15, -0.1) is 0 Å². The molecular weight excluding hydrogens is 252 g/mol. The lowest BCUT2D eigenvalue weighted by molar-refractivity contribution is 0.0232. The summed E-state index contributed by atoms with van der Waals surface area (Å²) >= 11 is 5.93. The molecule has 1 fully saturated rings. The standard InChI is InChI=1S/C13H17ClN2O2/c1-2-12(8-5-9(17)6-8)16-13(18)10-3-4-15-7-11(10)14/h3-4,7-9,12,17H,2,5-6H2,1H3,(H,16,18)/t8?,9?,12-/m1/s1. The average molecular weight is 269 g/mol. The number of nitrogens with zero attached hydrogens (tertiary/aromatic N) is 1. The number of aliphatic hydroxyl groups excluding tert-OH is 1.